The molecule has 0 bridgehead atoms. The molecule has 5 rings (SSSR count). The molecule has 1 fully saturated rings. The molecule has 5 nitrogen and oxygen atoms in total. The van der Waals surface area contributed by atoms with E-state index in [1.165, 1.54) is 10.9 Å². The van der Waals surface area contributed by atoms with Gasteiger partial charge in [0.2, 0.25) is 0 Å². The number of hydrogen-bond donors (Lipinski definition) is 2. The summed E-state index contributed by atoms with van der Waals surface area (Å²) in [4.78, 5) is 26.8. The Morgan fingerprint density at radius 3 is 2.81 bits per heavy atom. The topological polar surface area (TPSA) is 64.8 Å². The van der Waals surface area contributed by atoms with E-state index in [1.807, 2.05) is 42.5 Å². The molecule has 1 atom stereocenters. The zero-order valence-corrected chi connectivity index (χ0v) is 18.5. The molecule has 0 saturated carbocycles. The summed E-state index contributed by atoms with van der Waals surface area (Å²) < 4.78 is 0. The number of aromatic amines is 2. The summed E-state index contributed by atoms with van der Waals surface area (Å²) in [6.07, 6.45) is 4.47. The zero-order chi connectivity index (χ0) is 21.4. The van der Waals surface area contributed by atoms with Crippen LogP contribution in [0.5, 0.6) is 0 Å². The van der Waals surface area contributed by atoms with Crippen LogP contribution in [-0.2, 0) is 11.3 Å². The van der Waals surface area contributed by atoms with Gasteiger partial charge in [0, 0.05) is 46.9 Å². The van der Waals surface area contributed by atoms with E-state index in [4.69, 9.17) is 11.6 Å². The van der Waals surface area contributed by atoms with Crippen molar-refractivity contribution in [3.05, 3.63) is 65.1 Å². The number of carbonyl (C=O) groups is 1. The van der Waals surface area contributed by atoms with Crippen molar-refractivity contribution in [3.63, 3.8) is 0 Å². The lowest BCUT2D eigenvalue weighted by Gasteiger charge is -2.31. The Morgan fingerprint density at radius 1 is 1.19 bits per heavy atom. The minimum atomic E-state index is 0.105. The van der Waals surface area contributed by atoms with Crippen molar-refractivity contribution in [2.75, 3.05) is 13.1 Å². The fraction of sp³-hybridized carbons (Fsp3) is 0.360. The molecule has 0 aliphatic carbocycles. The van der Waals surface area contributed by atoms with Gasteiger partial charge in [-0.3, -0.25) is 9.69 Å². The van der Waals surface area contributed by atoms with E-state index in [0.29, 0.717) is 12.2 Å². The number of ketones is 1. The maximum absolute atomic E-state index is 13.0. The summed E-state index contributed by atoms with van der Waals surface area (Å²) in [6.45, 7) is 4.87. The van der Waals surface area contributed by atoms with Crippen LogP contribution < -0.4 is 0 Å². The Bertz CT molecular complexity index is 1190. The molecule has 1 saturated heterocycles. The van der Waals surface area contributed by atoms with Gasteiger partial charge in [0.15, 0.2) is 0 Å². The molecular weight excluding hydrogens is 408 g/mol. The SMILES string of the molecule is CC(CC(=O)C1CCN(Cc2c[nH]c3ccc(Cl)cc23)CC1)c1nc2ccccc2[nH]1. The average Bonchev–Trinajstić information content (AvgIpc) is 3.38. The van der Waals surface area contributed by atoms with Gasteiger partial charge in [-0.05, 0) is 61.8 Å². The predicted molar refractivity (Wildman–Crippen MR) is 125 cm³/mol. The second-order valence-corrected chi connectivity index (χ2v) is 9.20. The molecule has 2 N–H and O–H groups in total. The number of imidazole rings is 1. The molecule has 1 aliphatic rings. The molecule has 31 heavy (non-hydrogen) atoms. The van der Waals surface area contributed by atoms with Crippen LogP contribution in [0.15, 0.2) is 48.7 Å². The number of nitrogens with one attached hydrogen (secondary N) is 2. The fourth-order valence-electron chi connectivity index (χ4n) is 4.71. The number of hydrogen-bond acceptors (Lipinski definition) is 3. The number of para-hydroxylation sites is 2. The number of Topliss-reactive ketones (excluding diaryl/α,β-unsaturated/α-hetero) is 1. The van der Waals surface area contributed by atoms with Crippen LogP contribution in [0.25, 0.3) is 21.9 Å². The highest BCUT2D eigenvalue weighted by molar-refractivity contribution is 6.31. The van der Waals surface area contributed by atoms with Crippen molar-refractivity contribution in [1.82, 2.24) is 19.9 Å². The number of halogens is 1. The third kappa shape index (κ3) is 4.25. The van der Waals surface area contributed by atoms with Gasteiger partial charge in [0.1, 0.15) is 11.6 Å². The molecule has 6 heteroatoms. The smallest absolute Gasteiger partial charge is 0.136 e. The number of piperidine rings is 1. The first-order valence-corrected chi connectivity index (χ1v) is 11.4. The first kappa shape index (κ1) is 20.3. The molecule has 0 radical (unpaired) electrons. The van der Waals surface area contributed by atoms with E-state index >= 15 is 0 Å². The van der Waals surface area contributed by atoms with Gasteiger partial charge < -0.3 is 9.97 Å². The number of aromatic nitrogens is 3. The predicted octanol–water partition coefficient (Wildman–Crippen LogP) is 5.67. The highest BCUT2D eigenvalue weighted by atomic mass is 35.5. The minimum Gasteiger partial charge on any atom is -0.361 e. The van der Waals surface area contributed by atoms with E-state index < -0.39 is 0 Å². The summed E-state index contributed by atoms with van der Waals surface area (Å²) in [7, 11) is 0. The van der Waals surface area contributed by atoms with Crippen LogP contribution in [0.2, 0.25) is 5.02 Å². The lowest BCUT2D eigenvalue weighted by atomic mass is 9.87. The third-order valence-electron chi connectivity index (χ3n) is 6.55. The van der Waals surface area contributed by atoms with E-state index in [2.05, 4.69) is 33.0 Å². The monoisotopic (exact) mass is 434 g/mol. The molecule has 160 valence electrons. The van der Waals surface area contributed by atoms with E-state index in [-0.39, 0.29) is 11.8 Å². The normalized spacial score (nSPS) is 16.8. The van der Waals surface area contributed by atoms with Crippen molar-refractivity contribution in [1.29, 1.82) is 0 Å². The maximum atomic E-state index is 13.0. The highest BCUT2D eigenvalue weighted by Crippen LogP contribution is 2.28. The number of nitrogens with zero attached hydrogens (tertiary/aromatic N) is 2. The summed E-state index contributed by atoms with van der Waals surface area (Å²) >= 11 is 6.18. The van der Waals surface area contributed by atoms with Gasteiger partial charge in [-0.15, -0.1) is 0 Å². The molecule has 2 aromatic carbocycles. The van der Waals surface area contributed by atoms with Crippen molar-refractivity contribution in [2.45, 2.75) is 38.6 Å². The van der Waals surface area contributed by atoms with Gasteiger partial charge in [-0.25, -0.2) is 4.98 Å². The van der Waals surface area contributed by atoms with Crippen molar-refractivity contribution >= 4 is 39.3 Å². The van der Waals surface area contributed by atoms with E-state index in [1.54, 1.807) is 0 Å². The number of H-pyrrole nitrogens is 2. The van der Waals surface area contributed by atoms with Gasteiger partial charge in [0.05, 0.1) is 11.0 Å². The maximum Gasteiger partial charge on any atom is 0.136 e. The number of rotatable bonds is 6. The van der Waals surface area contributed by atoms with Crippen molar-refractivity contribution in [2.24, 2.45) is 5.92 Å². The standard InChI is InChI=1S/C25H27ClN4O/c1-16(25-28-22-4-2-3-5-23(22)29-25)12-24(31)17-8-10-30(11-9-17)15-18-14-27-21-7-6-19(26)13-20(18)21/h2-7,13-14,16-17,27H,8-12,15H2,1H3,(H,28,29). The number of benzene rings is 2. The van der Waals surface area contributed by atoms with Crippen LogP contribution in [0.1, 0.15) is 43.5 Å². The quantitative estimate of drug-likeness (QED) is 0.410. The second-order valence-electron chi connectivity index (χ2n) is 8.76. The van der Waals surface area contributed by atoms with Gasteiger partial charge >= 0.3 is 0 Å². The Labute approximate surface area is 186 Å². The number of likely N-dealkylation sites (tertiary alicyclic amines) is 1. The van der Waals surface area contributed by atoms with Crippen LogP contribution in [0.3, 0.4) is 0 Å². The van der Waals surface area contributed by atoms with Gasteiger partial charge in [-0.2, -0.15) is 0 Å². The molecule has 3 heterocycles. The van der Waals surface area contributed by atoms with Gasteiger partial charge in [-0.1, -0.05) is 30.7 Å². The Morgan fingerprint density at radius 2 is 2.00 bits per heavy atom. The zero-order valence-electron chi connectivity index (χ0n) is 17.7. The summed E-state index contributed by atoms with van der Waals surface area (Å²) in [5.41, 5.74) is 4.37. The van der Waals surface area contributed by atoms with Crippen molar-refractivity contribution < 1.29 is 4.79 Å². The van der Waals surface area contributed by atoms with Crippen LogP contribution in [0.4, 0.5) is 0 Å². The highest BCUT2D eigenvalue weighted by Gasteiger charge is 2.27. The first-order chi connectivity index (χ1) is 15.1. The average molecular weight is 435 g/mol. The largest absolute Gasteiger partial charge is 0.361 e. The Balaban J connectivity index is 1.17. The summed E-state index contributed by atoms with van der Waals surface area (Å²) in [6, 6.07) is 14.0. The molecule has 2 aromatic heterocycles. The summed E-state index contributed by atoms with van der Waals surface area (Å²) in [5, 5.41) is 1.95. The molecule has 0 amide bonds. The van der Waals surface area contributed by atoms with Crippen LogP contribution >= 0.6 is 11.6 Å². The first-order valence-electron chi connectivity index (χ1n) is 11.0. The number of fused-ring (bicyclic) bond motifs is 2. The summed E-state index contributed by atoms with van der Waals surface area (Å²) in [5.74, 6) is 1.53. The molecule has 1 unspecified atom stereocenters. The number of carbonyl (C=O) groups excluding carboxylic acids is 1. The van der Waals surface area contributed by atoms with Crippen LogP contribution in [0, 0.1) is 5.92 Å². The molecule has 0 spiro atoms. The molecule has 4 aromatic rings. The van der Waals surface area contributed by atoms with E-state index in [0.717, 1.165) is 59.9 Å². The lowest BCUT2D eigenvalue weighted by molar-refractivity contribution is -0.124. The van der Waals surface area contributed by atoms with Crippen LogP contribution in [-0.4, -0.2) is 38.7 Å². The lowest BCUT2D eigenvalue weighted by Crippen LogP contribution is -2.36. The van der Waals surface area contributed by atoms with Gasteiger partial charge in [0.25, 0.3) is 0 Å². The molecular formula is C25H27ClN4O. The van der Waals surface area contributed by atoms with Crippen molar-refractivity contribution in [3.8, 4) is 0 Å². The van der Waals surface area contributed by atoms with E-state index in [9.17, 15) is 4.79 Å². The Hall–Kier alpha value is -2.63. The minimum absolute atomic E-state index is 0.105. The molecule has 1 aliphatic heterocycles. The Kier molecular flexibility index (Phi) is 5.55. The third-order valence-corrected chi connectivity index (χ3v) is 6.78. The second kappa shape index (κ2) is 8.48. The fourth-order valence-corrected chi connectivity index (χ4v) is 4.88.